The van der Waals surface area contributed by atoms with E-state index in [9.17, 15) is 8.78 Å². The second-order valence-corrected chi connectivity index (χ2v) is 5.84. The largest absolute Gasteiger partial charge is 0.359 e. The van der Waals surface area contributed by atoms with Crippen molar-refractivity contribution >= 4 is 10.9 Å². The Morgan fingerprint density at radius 3 is 2.72 bits per heavy atom. The molecule has 3 atom stereocenters. The lowest BCUT2D eigenvalue weighted by Gasteiger charge is -2.21. The van der Waals surface area contributed by atoms with Crippen molar-refractivity contribution < 1.29 is 8.78 Å². The number of H-pyrrole nitrogens is 1. The molecule has 1 aromatic carbocycles. The minimum absolute atomic E-state index is 0.453. The van der Waals surface area contributed by atoms with Crippen molar-refractivity contribution in [3.8, 4) is 0 Å². The molecule has 0 amide bonds. The Morgan fingerprint density at radius 2 is 2.00 bits per heavy atom. The van der Waals surface area contributed by atoms with E-state index in [1.807, 2.05) is 6.20 Å². The van der Waals surface area contributed by atoms with Crippen LogP contribution < -0.4 is 0 Å². The Hall–Kier alpha value is -1.38. The maximum absolute atomic E-state index is 13.7. The highest BCUT2D eigenvalue weighted by molar-refractivity contribution is 5.84. The number of aromatic nitrogens is 1. The van der Waals surface area contributed by atoms with E-state index in [4.69, 9.17) is 0 Å². The van der Waals surface area contributed by atoms with Gasteiger partial charge in [0, 0.05) is 17.6 Å². The fraction of sp³-hybridized carbons (Fsp3) is 0.467. The summed E-state index contributed by atoms with van der Waals surface area (Å²) in [6, 6.07) is 2.42. The molecule has 2 aliphatic rings. The first-order valence-corrected chi connectivity index (χ1v) is 6.68. The van der Waals surface area contributed by atoms with E-state index in [1.54, 1.807) is 0 Å². The van der Waals surface area contributed by atoms with Crippen molar-refractivity contribution in [3.05, 3.63) is 35.5 Å². The Morgan fingerprint density at radius 1 is 1.11 bits per heavy atom. The highest BCUT2D eigenvalue weighted by atomic mass is 19.1. The second kappa shape index (κ2) is 3.56. The molecule has 0 spiro atoms. The lowest BCUT2D eigenvalue weighted by atomic mass is 9.83. The molecule has 0 saturated heterocycles. The number of hydrogen-bond donors (Lipinski definition) is 1. The molecule has 2 bridgehead atoms. The van der Waals surface area contributed by atoms with Crippen LogP contribution in [-0.2, 0) is 0 Å². The molecule has 2 fully saturated rings. The predicted octanol–water partition coefficient (Wildman–Crippen LogP) is 4.35. The number of rotatable bonds is 1. The van der Waals surface area contributed by atoms with Gasteiger partial charge in [0.1, 0.15) is 11.6 Å². The highest BCUT2D eigenvalue weighted by Gasteiger charge is 2.41. The molecule has 3 unspecified atom stereocenters. The van der Waals surface area contributed by atoms with Gasteiger partial charge in [-0.25, -0.2) is 8.78 Å². The van der Waals surface area contributed by atoms with E-state index in [1.165, 1.54) is 31.7 Å². The van der Waals surface area contributed by atoms with Crippen molar-refractivity contribution in [1.29, 1.82) is 0 Å². The van der Waals surface area contributed by atoms with E-state index in [0.29, 0.717) is 11.4 Å². The van der Waals surface area contributed by atoms with Gasteiger partial charge in [-0.2, -0.15) is 0 Å². The lowest BCUT2D eigenvalue weighted by molar-refractivity contribution is 0.422. The summed E-state index contributed by atoms with van der Waals surface area (Å²) in [6.45, 7) is 0. The first kappa shape index (κ1) is 10.5. The maximum atomic E-state index is 13.7. The van der Waals surface area contributed by atoms with Gasteiger partial charge in [0.25, 0.3) is 0 Å². The summed E-state index contributed by atoms with van der Waals surface area (Å²) in [5.74, 6) is 1.09. The number of halogens is 2. The third kappa shape index (κ3) is 1.36. The van der Waals surface area contributed by atoms with Gasteiger partial charge in [-0.1, -0.05) is 6.42 Å². The van der Waals surface area contributed by atoms with E-state index < -0.39 is 11.6 Å². The van der Waals surface area contributed by atoms with E-state index in [0.717, 1.165) is 28.9 Å². The molecule has 4 rings (SSSR count). The standard InChI is InChI=1S/C15H15F2N/c16-10-5-12-13(7-18-15(12)14(17)6-10)11-4-8-1-2-9(11)3-8/h5-9,11,18H,1-4H2. The first-order valence-electron chi connectivity index (χ1n) is 6.68. The average Bonchev–Trinajstić information content (AvgIpc) is 3.00. The summed E-state index contributed by atoms with van der Waals surface area (Å²) in [5, 5.41) is 0.741. The third-order valence-electron chi connectivity index (χ3n) is 4.88. The fourth-order valence-corrected chi connectivity index (χ4v) is 4.11. The Balaban J connectivity index is 1.86. The molecule has 1 heterocycles. The van der Waals surface area contributed by atoms with Crippen LogP contribution >= 0.6 is 0 Å². The number of nitrogens with one attached hydrogen (secondary N) is 1. The van der Waals surface area contributed by atoms with Crippen LogP contribution in [0, 0.1) is 23.5 Å². The van der Waals surface area contributed by atoms with Crippen LogP contribution in [-0.4, -0.2) is 4.98 Å². The molecule has 18 heavy (non-hydrogen) atoms. The molecular weight excluding hydrogens is 232 g/mol. The van der Waals surface area contributed by atoms with Gasteiger partial charge in [0.2, 0.25) is 0 Å². The van der Waals surface area contributed by atoms with Crippen molar-refractivity contribution in [2.45, 2.75) is 31.6 Å². The van der Waals surface area contributed by atoms with Crippen molar-refractivity contribution in [1.82, 2.24) is 4.98 Å². The zero-order valence-electron chi connectivity index (χ0n) is 10.0. The molecular formula is C15H15F2N. The smallest absolute Gasteiger partial charge is 0.150 e. The molecule has 94 valence electrons. The zero-order chi connectivity index (χ0) is 12.3. The number of fused-ring (bicyclic) bond motifs is 3. The topological polar surface area (TPSA) is 15.8 Å². The normalized spacial score (nSPS) is 30.4. The Labute approximate surface area is 104 Å². The predicted molar refractivity (Wildman–Crippen MR) is 66.4 cm³/mol. The minimum Gasteiger partial charge on any atom is -0.359 e. The maximum Gasteiger partial charge on any atom is 0.150 e. The molecule has 2 aromatic rings. The molecule has 1 aromatic heterocycles. The summed E-state index contributed by atoms with van der Waals surface area (Å²) in [4.78, 5) is 2.98. The zero-order valence-corrected chi connectivity index (χ0v) is 10.0. The summed E-state index contributed by atoms with van der Waals surface area (Å²) in [6.07, 6.45) is 7.00. The monoisotopic (exact) mass is 247 g/mol. The van der Waals surface area contributed by atoms with Gasteiger partial charge >= 0.3 is 0 Å². The van der Waals surface area contributed by atoms with Gasteiger partial charge in [0.15, 0.2) is 0 Å². The third-order valence-corrected chi connectivity index (χ3v) is 4.88. The van der Waals surface area contributed by atoms with Gasteiger partial charge < -0.3 is 4.98 Å². The van der Waals surface area contributed by atoms with Crippen LogP contribution in [0.3, 0.4) is 0 Å². The average molecular weight is 247 g/mol. The van der Waals surface area contributed by atoms with Crippen molar-refractivity contribution in [2.24, 2.45) is 11.8 Å². The van der Waals surface area contributed by atoms with Crippen molar-refractivity contribution in [3.63, 3.8) is 0 Å². The lowest BCUT2D eigenvalue weighted by Crippen LogP contribution is -2.07. The minimum atomic E-state index is -0.487. The van der Waals surface area contributed by atoms with Crippen LogP contribution in [0.25, 0.3) is 10.9 Å². The molecule has 1 nitrogen and oxygen atoms in total. The van der Waals surface area contributed by atoms with Gasteiger partial charge in [0.05, 0.1) is 5.52 Å². The van der Waals surface area contributed by atoms with Gasteiger partial charge in [-0.3, -0.25) is 0 Å². The number of aromatic amines is 1. The number of benzene rings is 1. The molecule has 0 radical (unpaired) electrons. The fourth-order valence-electron chi connectivity index (χ4n) is 4.11. The van der Waals surface area contributed by atoms with Gasteiger partial charge in [-0.05, 0) is 48.6 Å². The second-order valence-electron chi connectivity index (χ2n) is 5.84. The van der Waals surface area contributed by atoms with Crippen LogP contribution in [0.15, 0.2) is 18.3 Å². The highest BCUT2D eigenvalue weighted by Crippen LogP contribution is 2.53. The summed E-state index contributed by atoms with van der Waals surface area (Å²) < 4.78 is 27.0. The van der Waals surface area contributed by atoms with Crippen LogP contribution in [0.2, 0.25) is 0 Å². The van der Waals surface area contributed by atoms with Crippen LogP contribution in [0.1, 0.15) is 37.2 Å². The number of hydrogen-bond acceptors (Lipinski definition) is 0. The molecule has 2 saturated carbocycles. The van der Waals surface area contributed by atoms with E-state index >= 15 is 0 Å². The van der Waals surface area contributed by atoms with Gasteiger partial charge in [-0.15, -0.1) is 0 Å². The summed E-state index contributed by atoms with van der Waals surface area (Å²) >= 11 is 0. The quantitative estimate of drug-likeness (QED) is 0.771. The van der Waals surface area contributed by atoms with E-state index in [-0.39, 0.29) is 0 Å². The van der Waals surface area contributed by atoms with Crippen molar-refractivity contribution in [2.75, 3.05) is 0 Å². The van der Waals surface area contributed by atoms with E-state index in [2.05, 4.69) is 4.98 Å². The molecule has 0 aliphatic heterocycles. The Bertz CT molecular complexity index is 616. The van der Waals surface area contributed by atoms with Crippen LogP contribution in [0.4, 0.5) is 8.78 Å². The SMILES string of the molecule is Fc1cc(F)c2[nH]cc(C3CC4CCC3C4)c2c1. The Kier molecular flexibility index (Phi) is 2.08. The molecule has 2 aliphatic carbocycles. The molecule has 1 N–H and O–H groups in total. The first-order chi connectivity index (χ1) is 8.72. The van der Waals surface area contributed by atoms with Crippen LogP contribution in [0.5, 0.6) is 0 Å². The summed E-state index contributed by atoms with van der Waals surface area (Å²) in [7, 11) is 0. The molecule has 3 heteroatoms. The summed E-state index contributed by atoms with van der Waals surface area (Å²) in [5.41, 5.74) is 1.57.